The van der Waals surface area contributed by atoms with Crippen LogP contribution in [0.1, 0.15) is 75.8 Å². The fraction of sp³-hybridized carbons (Fsp3) is 0.444. The number of carbonyl (C=O) groups is 3. The van der Waals surface area contributed by atoms with Gasteiger partial charge in [0.25, 0.3) is 0 Å². The Balaban J connectivity index is 0.00000370. The fourth-order valence-corrected chi connectivity index (χ4v) is 6.19. The summed E-state index contributed by atoms with van der Waals surface area (Å²) >= 11 is 3.14. The van der Waals surface area contributed by atoms with E-state index in [0.29, 0.717) is 0 Å². The molecular weight excluding hydrogens is 658 g/mol. The highest BCUT2D eigenvalue weighted by Gasteiger charge is 2.49. The number of phenols is 2. The molecule has 13 heteroatoms. The van der Waals surface area contributed by atoms with Crippen LogP contribution in [0.5, 0.6) is 17.2 Å². The number of hydrogen-bond donors (Lipinski definition) is 5. The van der Waals surface area contributed by atoms with Crippen LogP contribution in [0.4, 0.5) is 0 Å². The molecule has 5 N–H and O–H groups in total. The lowest BCUT2D eigenvalue weighted by molar-refractivity contribution is -0.248. The number of carbonyl (C=O) groups excluding carboxylic acids is 3. The van der Waals surface area contributed by atoms with Gasteiger partial charge in [-0.3, -0.25) is 14.4 Å². The Morgan fingerprint density at radius 1 is 1.15 bits per heavy atom. The lowest BCUT2D eigenvalue weighted by atomic mass is 9.72. The standard InChI is InChI=1S/C27H28BrNO10.BrH/c1-10-22(31)14(29-28)7-17(38-10)39-16-9-27(36,11(2)30)8-13-19(16)26(35)21-20(24(13)33)23(32)12-5-4-6-15(37-3)18(12)25(21)34;/h4-6,10,14,16-17,22,29,31,33,35-36H,7-9H2,1-3H3;1H/t10?,14?,16-,17?,22?,27-;/m0./s1. The molecule has 216 valence electrons. The van der Waals surface area contributed by atoms with Crippen LogP contribution < -0.4 is 9.08 Å². The lowest BCUT2D eigenvalue weighted by Gasteiger charge is -2.42. The Hall–Kier alpha value is -2.39. The highest BCUT2D eigenvalue weighted by Crippen LogP contribution is 2.52. The van der Waals surface area contributed by atoms with Crippen molar-refractivity contribution in [2.24, 2.45) is 0 Å². The number of ether oxygens (including phenoxy) is 3. The Labute approximate surface area is 248 Å². The van der Waals surface area contributed by atoms with Crippen LogP contribution in [0.2, 0.25) is 0 Å². The molecule has 1 fully saturated rings. The molecule has 0 bridgehead atoms. The number of hydrogen-bond acceptors (Lipinski definition) is 11. The zero-order chi connectivity index (χ0) is 28.4. The summed E-state index contributed by atoms with van der Waals surface area (Å²) in [6, 6.07) is 3.98. The molecule has 2 aliphatic carbocycles. The first-order valence-electron chi connectivity index (χ1n) is 12.4. The first-order chi connectivity index (χ1) is 18.4. The number of aliphatic hydroxyl groups excluding tert-OH is 1. The van der Waals surface area contributed by atoms with Crippen molar-refractivity contribution in [3.05, 3.63) is 51.6 Å². The quantitative estimate of drug-likeness (QED) is 0.197. The average Bonchev–Trinajstić information content (AvgIpc) is 2.90. The van der Waals surface area contributed by atoms with E-state index < -0.39 is 82.6 Å². The number of halogens is 2. The molecule has 2 aromatic rings. The van der Waals surface area contributed by atoms with Crippen LogP contribution in [-0.4, -0.2) is 75.0 Å². The van der Waals surface area contributed by atoms with Gasteiger partial charge in [0.15, 0.2) is 17.9 Å². The number of nitrogens with one attached hydrogen (secondary N) is 1. The number of aromatic hydroxyl groups is 2. The Morgan fingerprint density at radius 3 is 2.45 bits per heavy atom. The molecular formula is C27H29Br2NO10. The Kier molecular flexibility index (Phi) is 8.50. The van der Waals surface area contributed by atoms with E-state index in [0.717, 1.165) is 0 Å². The van der Waals surface area contributed by atoms with Gasteiger partial charge in [-0.25, -0.2) is 4.34 Å². The summed E-state index contributed by atoms with van der Waals surface area (Å²) in [5, 5.41) is 44.5. The van der Waals surface area contributed by atoms with Crippen molar-refractivity contribution in [2.75, 3.05) is 7.11 Å². The maximum atomic E-state index is 13.7. The van der Waals surface area contributed by atoms with Crippen molar-refractivity contribution in [1.29, 1.82) is 0 Å². The first-order valence-corrected chi connectivity index (χ1v) is 13.2. The van der Waals surface area contributed by atoms with E-state index in [1.807, 2.05) is 0 Å². The van der Waals surface area contributed by atoms with Gasteiger partial charge in [0, 0.05) is 52.1 Å². The number of phenolic OH excluding ortho intramolecular Hbond substituents is 2. The number of aliphatic hydroxyl groups is 2. The molecule has 0 amide bonds. The number of rotatable bonds is 5. The first kappa shape index (κ1) is 30.6. The molecule has 4 unspecified atom stereocenters. The molecule has 0 saturated carbocycles. The van der Waals surface area contributed by atoms with Gasteiger partial charge in [-0.05, 0) is 19.9 Å². The Morgan fingerprint density at radius 2 is 1.82 bits per heavy atom. The minimum atomic E-state index is -1.99. The molecule has 1 heterocycles. The van der Waals surface area contributed by atoms with Gasteiger partial charge in [-0.1, -0.05) is 12.1 Å². The summed E-state index contributed by atoms with van der Waals surface area (Å²) in [6.45, 7) is 2.84. The van der Waals surface area contributed by atoms with E-state index in [2.05, 4.69) is 20.5 Å². The second kappa shape index (κ2) is 11.1. The average molecular weight is 687 g/mol. The van der Waals surface area contributed by atoms with Gasteiger partial charge >= 0.3 is 0 Å². The highest BCUT2D eigenvalue weighted by atomic mass is 79.9. The van der Waals surface area contributed by atoms with E-state index in [4.69, 9.17) is 14.2 Å². The van der Waals surface area contributed by atoms with Crippen molar-refractivity contribution in [1.82, 2.24) is 4.34 Å². The molecule has 1 saturated heterocycles. The van der Waals surface area contributed by atoms with Crippen molar-refractivity contribution in [3.8, 4) is 17.2 Å². The van der Waals surface area contributed by atoms with Gasteiger partial charge in [0.1, 0.15) is 22.8 Å². The number of benzene rings is 2. The van der Waals surface area contributed by atoms with E-state index in [1.165, 1.54) is 32.2 Å². The smallest absolute Gasteiger partial charge is 0.202 e. The second-order valence-electron chi connectivity index (χ2n) is 10.2. The summed E-state index contributed by atoms with van der Waals surface area (Å²) in [4.78, 5) is 39.7. The third-order valence-corrected chi connectivity index (χ3v) is 8.48. The van der Waals surface area contributed by atoms with Crippen molar-refractivity contribution in [3.63, 3.8) is 0 Å². The van der Waals surface area contributed by atoms with E-state index >= 15 is 0 Å². The molecule has 5 rings (SSSR count). The highest BCUT2D eigenvalue weighted by molar-refractivity contribution is 9.08. The van der Waals surface area contributed by atoms with Crippen LogP contribution in [-0.2, 0) is 20.7 Å². The van der Waals surface area contributed by atoms with Gasteiger partial charge in [0.05, 0.1) is 48.2 Å². The topological polar surface area (TPSA) is 172 Å². The molecule has 0 radical (unpaired) electrons. The van der Waals surface area contributed by atoms with E-state index in [1.54, 1.807) is 6.92 Å². The minimum absolute atomic E-state index is 0. The molecule has 40 heavy (non-hydrogen) atoms. The lowest BCUT2D eigenvalue weighted by Crippen LogP contribution is -2.52. The van der Waals surface area contributed by atoms with Gasteiger partial charge in [-0.2, -0.15) is 0 Å². The monoisotopic (exact) mass is 685 g/mol. The van der Waals surface area contributed by atoms with Gasteiger partial charge in [-0.15, -0.1) is 17.0 Å². The van der Waals surface area contributed by atoms with Crippen molar-refractivity contribution in [2.45, 2.75) is 69.4 Å². The number of Topliss-reactive ketones (excluding diaryl/α,β-unsaturated/α-hetero) is 1. The molecule has 0 spiro atoms. The van der Waals surface area contributed by atoms with Crippen molar-refractivity contribution < 1.29 is 49.0 Å². The normalized spacial score (nSPS) is 29.1. The SMILES string of the molecule is Br.COc1cccc2c1C(=O)c1c(O)c3c(c(O)c1C2=O)C[C@@](O)(C(C)=O)C[C@@H]3OC1CC(NBr)C(O)C(C)O1. The third-order valence-electron chi connectivity index (χ3n) is 7.89. The summed E-state index contributed by atoms with van der Waals surface area (Å²) in [5.74, 6) is -3.14. The van der Waals surface area contributed by atoms with Crippen molar-refractivity contribution >= 4 is 50.5 Å². The van der Waals surface area contributed by atoms with E-state index in [9.17, 15) is 34.8 Å². The van der Waals surface area contributed by atoms with Gasteiger partial charge in [0.2, 0.25) is 5.78 Å². The van der Waals surface area contributed by atoms with Crippen LogP contribution in [0.15, 0.2) is 18.2 Å². The predicted octanol–water partition coefficient (Wildman–Crippen LogP) is 2.55. The maximum absolute atomic E-state index is 13.7. The summed E-state index contributed by atoms with van der Waals surface area (Å²) in [6.07, 6.45) is -4.26. The number of ketones is 3. The number of methoxy groups -OCH3 is 1. The number of fused-ring (bicyclic) bond motifs is 3. The molecule has 3 aliphatic rings. The Bertz CT molecular complexity index is 1400. The van der Waals surface area contributed by atoms with Crippen LogP contribution in [0.25, 0.3) is 0 Å². The molecule has 1 aliphatic heterocycles. The summed E-state index contributed by atoms with van der Waals surface area (Å²) in [5.41, 5.74) is -2.99. The minimum Gasteiger partial charge on any atom is -0.507 e. The van der Waals surface area contributed by atoms with Crippen LogP contribution in [0.3, 0.4) is 0 Å². The molecule has 0 aromatic heterocycles. The summed E-state index contributed by atoms with van der Waals surface area (Å²) in [7, 11) is 1.34. The second-order valence-corrected chi connectivity index (χ2v) is 10.6. The summed E-state index contributed by atoms with van der Waals surface area (Å²) < 4.78 is 20.1. The molecule has 11 nitrogen and oxygen atoms in total. The van der Waals surface area contributed by atoms with Crippen LogP contribution in [0, 0.1) is 0 Å². The molecule has 2 aromatic carbocycles. The largest absolute Gasteiger partial charge is 0.507 e. The van der Waals surface area contributed by atoms with E-state index in [-0.39, 0.29) is 57.8 Å². The fourth-order valence-electron chi connectivity index (χ4n) is 5.73. The predicted molar refractivity (Wildman–Crippen MR) is 149 cm³/mol. The zero-order valence-electron chi connectivity index (χ0n) is 21.8. The third kappa shape index (κ3) is 4.67. The van der Waals surface area contributed by atoms with Crippen LogP contribution >= 0.6 is 33.1 Å². The maximum Gasteiger partial charge on any atom is 0.202 e. The van der Waals surface area contributed by atoms with Gasteiger partial charge < -0.3 is 34.6 Å². The molecule has 6 atom stereocenters. The zero-order valence-corrected chi connectivity index (χ0v) is 25.1.